The average molecular weight is 444 g/mol. The number of benzene rings is 1. The van der Waals surface area contributed by atoms with Crippen LogP contribution in [-0.4, -0.2) is 57.1 Å². The number of nitrogens with zero attached hydrogens (tertiary/aromatic N) is 4. The first kappa shape index (κ1) is 21.9. The quantitative estimate of drug-likeness (QED) is 0.565. The fourth-order valence-corrected chi connectivity index (χ4v) is 4.04. The first-order chi connectivity index (χ1) is 15.5. The van der Waals surface area contributed by atoms with E-state index in [4.69, 9.17) is 9.47 Å². The lowest BCUT2D eigenvalue weighted by Crippen LogP contribution is -2.32. The van der Waals surface area contributed by atoms with E-state index in [1.807, 2.05) is 0 Å². The van der Waals surface area contributed by atoms with Crippen LogP contribution >= 0.6 is 0 Å². The Morgan fingerprint density at radius 2 is 1.75 bits per heavy atom. The zero-order valence-electron chi connectivity index (χ0n) is 18.4. The van der Waals surface area contributed by atoms with Gasteiger partial charge in [-0.2, -0.15) is 4.98 Å². The highest BCUT2D eigenvalue weighted by molar-refractivity contribution is 5.74. The Morgan fingerprint density at radius 3 is 2.41 bits per heavy atom. The molecule has 1 atom stereocenters. The number of H-pyrrole nitrogens is 1. The number of aliphatic hydroxyl groups is 1. The lowest BCUT2D eigenvalue weighted by molar-refractivity contribution is 0.0936. The molecule has 1 unspecified atom stereocenters. The van der Waals surface area contributed by atoms with E-state index in [-0.39, 0.29) is 18.7 Å². The topological polar surface area (TPSA) is 115 Å². The van der Waals surface area contributed by atoms with Crippen LogP contribution in [0.5, 0.6) is 11.5 Å². The lowest BCUT2D eigenvalue weighted by Gasteiger charge is -2.23. The van der Waals surface area contributed by atoms with E-state index in [0.717, 1.165) is 44.5 Å². The van der Waals surface area contributed by atoms with Crippen molar-refractivity contribution in [2.24, 2.45) is 7.05 Å². The zero-order valence-corrected chi connectivity index (χ0v) is 18.4. The van der Waals surface area contributed by atoms with Gasteiger partial charge in [-0.05, 0) is 37.1 Å². The van der Waals surface area contributed by atoms with Crippen LogP contribution in [0.15, 0.2) is 33.9 Å². The SMILES string of the molecule is COc1ccc(OCC(O)Cn2c(N3CCCCCC3)nc3c2c(=O)[nH]c(=O)n3C)cc1. The predicted octanol–water partition coefficient (Wildman–Crippen LogP) is 1.25. The number of rotatable bonds is 7. The maximum absolute atomic E-state index is 12.7. The molecule has 10 nitrogen and oxygen atoms in total. The normalized spacial score (nSPS) is 15.5. The van der Waals surface area contributed by atoms with Crippen LogP contribution in [0.2, 0.25) is 0 Å². The van der Waals surface area contributed by atoms with Crippen molar-refractivity contribution in [3.05, 3.63) is 45.1 Å². The van der Waals surface area contributed by atoms with Gasteiger partial charge in [-0.25, -0.2) is 4.79 Å². The fraction of sp³-hybridized carbons (Fsp3) is 0.500. The van der Waals surface area contributed by atoms with E-state index >= 15 is 0 Å². The van der Waals surface area contributed by atoms with E-state index < -0.39 is 17.4 Å². The molecule has 3 heterocycles. The second-order valence-electron chi connectivity index (χ2n) is 8.05. The van der Waals surface area contributed by atoms with Crippen LogP contribution in [0.4, 0.5) is 5.95 Å². The number of nitrogens with one attached hydrogen (secondary N) is 1. The number of aliphatic hydroxyl groups excluding tert-OH is 1. The second kappa shape index (κ2) is 9.47. The van der Waals surface area contributed by atoms with Crippen molar-refractivity contribution in [1.29, 1.82) is 0 Å². The number of imidazole rings is 1. The largest absolute Gasteiger partial charge is 0.497 e. The summed E-state index contributed by atoms with van der Waals surface area (Å²) in [5.74, 6) is 1.92. The highest BCUT2D eigenvalue weighted by atomic mass is 16.5. The molecule has 1 aliphatic heterocycles. The Kier molecular flexibility index (Phi) is 6.50. The fourth-order valence-electron chi connectivity index (χ4n) is 4.04. The average Bonchev–Trinajstić information content (AvgIpc) is 2.97. The molecule has 0 amide bonds. The molecular formula is C22H29N5O5. The third-order valence-electron chi connectivity index (χ3n) is 5.77. The Balaban J connectivity index is 1.63. The third-order valence-corrected chi connectivity index (χ3v) is 5.77. The molecule has 0 radical (unpaired) electrons. The van der Waals surface area contributed by atoms with Crippen molar-refractivity contribution in [2.45, 2.75) is 38.3 Å². The van der Waals surface area contributed by atoms with Gasteiger partial charge in [0, 0.05) is 20.1 Å². The minimum atomic E-state index is -0.892. The minimum Gasteiger partial charge on any atom is -0.497 e. The number of fused-ring (bicyclic) bond motifs is 1. The molecule has 0 spiro atoms. The maximum Gasteiger partial charge on any atom is 0.329 e. The summed E-state index contributed by atoms with van der Waals surface area (Å²) in [6.07, 6.45) is 3.46. The molecule has 2 N–H and O–H groups in total. The van der Waals surface area contributed by atoms with Crippen LogP contribution < -0.4 is 25.6 Å². The van der Waals surface area contributed by atoms with E-state index in [1.165, 1.54) is 4.57 Å². The molecular weight excluding hydrogens is 414 g/mol. The van der Waals surface area contributed by atoms with Crippen LogP contribution in [0.25, 0.3) is 11.2 Å². The van der Waals surface area contributed by atoms with Gasteiger partial charge in [0.2, 0.25) is 5.95 Å². The summed E-state index contributed by atoms with van der Waals surface area (Å²) in [6, 6.07) is 7.09. The summed E-state index contributed by atoms with van der Waals surface area (Å²) >= 11 is 0. The molecule has 1 fully saturated rings. The molecule has 2 aromatic heterocycles. The van der Waals surface area contributed by atoms with Gasteiger partial charge in [-0.3, -0.25) is 14.3 Å². The molecule has 0 aliphatic carbocycles. The van der Waals surface area contributed by atoms with E-state index in [9.17, 15) is 14.7 Å². The van der Waals surface area contributed by atoms with Gasteiger partial charge >= 0.3 is 5.69 Å². The van der Waals surface area contributed by atoms with Gasteiger partial charge in [0.25, 0.3) is 5.56 Å². The van der Waals surface area contributed by atoms with Gasteiger partial charge in [-0.1, -0.05) is 12.8 Å². The van der Waals surface area contributed by atoms with Crippen LogP contribution in [0, 0.1) is 0 Å². The van der Waals surface area contributed by atoms with Gasteiger partial charge < -0.3 is 24.0 Å². The van der Waals surface area contributed by atoms with Crippen molar-refractivity contribution in [1.82, 2.24) is 19.1 Å². The monoisotopic (exact) mass is 443 g/mol. The Morgan fingerprint density at radius 1 is 1.09 bits per heavy atom. The first-order valence-corrected chi connectivity index (χ1v) is 10.9. The van der Waals surface area contributed by atoms with Crippen LogP contribution in [0.1, 0.15) is 25.7 Å². The van der Waals surface area contributed by atoms with Crippen molar-refractivity contribution >= 4 is 17.1 Å². The molecule has 1 saturated heterocycles. The second-order valence-corrected chi connectivity index (χ2v) is 8.05. The van der Waals surface area contributed by atoms with Crippen molar-refractivity contribution in [3.8, 4) is 11.5 Å². The number of aromatic amines is 1. The first-order valence-electron chi connectivity index (χ1n) is 10.9. The summed E-state index contributed by atoms with van der Waals surface area (Å²) in [5, 5.41) is 10.7. The summed E-state index contributed by atoms with van der Waals surface area (Å²) in [6.45, 7) is 1.77. The van der Waals surface area contributed by atoms with Crippen molar-refractivity contribution < 1.29 is 14.6 Å². The summed E-state index contributed by atoms with van der Waals surface area (Å²) in [4.78, 5) is 33.9. The molecule has 0 saturated carbocycles. The van der Waals surface area contributed by atoms with Crippen molar-refractivity contribution in [3.63, 3.8) is 0 Å². The highest BCUT2D eigenvalue weighted by Gasteiger charge is 2.24. The van der Waals surface area contributed by atoms with Gasteiger partial charge in [-0.15, -0.1) is 0 Å². The van der Waals surface area contributed by atoms with Crippen LogP contribution in [-0.2, 0) is 13.6 Å². The maximum atomic E-state index is 12.7. The summed E-state index contributed by atoms with van der Waals surface area (Å²) < 4.78 is 13.9. The molecule has 32 heavy (non-hydrogen) atoms. The van der Waals surface area contributed by atoms with Gasteiger partial charge in [0.15, 0.2) is 11.2 Å². The molecule has 1 aliphatic rings. The number of aryl methyl sites for hydroxylation is 1. The van der Waals surface area contributed by atoms with Gasteiger partial charge in [0.1, 0.15) is 24.2 Å². The Bertz CT molecular complexity index is 1170. The minimum absolute atomic E-state index is 0.0368. The Labute approximate surface area is 185 Å². The third kappa shape index (κ3) is 4.50. The van der Waals surface area contributed by atoms with Crippen LogP contribution in [0.3, 0.4) is 0 Å². The number of hydrogen-bond donors (Lipinski definition) is 2. The summed E-state index contributed by atoms with van der Waals surface area (Å²) in [7, 11) is 3.17. The number of ether oxygens (including phenoxy) is 2. The number of anilines is 1. The Hall–Kier alpha value is -3.27. The zero-order chi connectivity index (χ0) is 22.7. The van der Waals surface area contributed by atoms with E-state index in [1.54, 1.807) is 43.0 Å². The number of aromatic nitrogens is 4. The molecule has 4 rings (SSSR count). The smallest absolute Gasteiger partial charge is 0.329 e. The summed E-state index contributed by atoms with van der Waals surface area (Å²) in [5.41, 5.74) is -0.450. The molecule has 0 bridgehead atoms. The number of methoxy groups -OCH3 is 1. The molecule has 10 heteroatoms. The van der Waals surface area contributed by atoms with Gasteiger partial charge in [0.05, 0.1) is 13.7 Å². The predicted molar refractivity (Wildman–Crippen MR) is 121 cm³/mol. The van der Waals surface area contributed by atoms with E-state index in [0.29, 0.717) is 17.3 Å². The lowest BCUT2D eigenvalue weighted by atomic mass is 10.2. The highest BCUT2D eigenvalue weighted by Crippen LogP contribution is 2.23. The molecule has 3 aromatic rings. The molecule has 172 valence electrons. The molecule has 1 aromatic carbocycles. The van der Waals surface area contributed by atoms with E-state index in [2.05, 4.69) is 14.9 Å². The standard InChI is InChI=1S/C22H29N5O5/c1-25-19-18(20(29)24-22(25)30)27(21(23-19)26-11-5-3-4-6-12-26)13-15(28)14-32-17-9-7-16(31-2)8-10-17/h7-10,15,28H,3-6,11-14H2,1-2H3,(H,24,29,30). The van der Waals surface area contributed by atoms with Crippen molar-refractivity contribution in [2.75, 3.05) is 31.7 Å². The number of hydrogen-bond acceptors (Lipinski definition) is 7.